The fraction of sp³-hybridized carbons (Fsp3) is 0.400. The van der Waals surface area contributed by atoms with Crippen molar-refractivity contribution in [3.05, 3.63) is 22.8 Å². The van der Waals surface area contributed by atoms with Gasteiger partial charge in [0, 0.05) is 29.5 Å². The Morgan fingerprint density at radius 2 is 2.05 bits per heavy atom. The number of rotatable bonds is 6. The molecule has 0 aromatic carbocycles. The second-order valence-corrected chi connectivity index (χ2v) is 7.87. The van der Waals surface area contributed by atoms with Crippen molar-refractivity contribution < 1.29 is 8.42 Å². The number of anilines is 1. The Bertz CT molecular complexity index is 647. The van der Waals surface area contributed by atoms with Crippen molar-refractivity contribution in [1.82, 2.24) is 14.1 Å². The molecule has 0 bridgehead atoms. The van der Waals surface area contributed by atoms with Gasteiger partial charge in [0.25, 0.3) is 0 Å². The Labute approximate surface area is 120 Å². The van der Waals surface area contributed by atoms with Crippen LogP contribution in [-0.2, 0) is 10.0 Å². The Balaban J connectivity index is 1.82. The molecule has 0 amide bonds. The number of nitrogens with zero attached hydrogens (tertiary/aromatic N) is 2. The maximum Gasteiger partial charge on any atom is 0.250 e. The fourth-order valence-corrected chi connectivity index (χ4v) is 4.31. The van der Waals surface area contributed by atoms with Crippen molar-refractivity contribution in [2.75, 3.05) is 18.4 Å². The summed E-state index contributed by atoms with van der Waals surface area (Å²) in [5.74, 6) is 0.710. The molecule has 2 N–H and O–H groups in total. The van der Waals surface area contributed by atoms with Gasteiger partial charge in [0.15, 0.2) is 0 Å². The smallest absolute Gasteiger partial charge is 0.250 e. The molecule has 104 valence electrons. The Hall–Kier alpha value is -1.03. The van der Waals surface area contributed by atoms with E-state index in [9.17, 15) is 8.42 Å². The summed E-state index contributed by atoms with van der Waals surface area (Å²) < 4.78 is 30.7. The van der Waals surface area contributed by atoms with Gasteiger partial charge in [0.1, 0.15) is 10.0 Å². The minimum atomic E-state index is -3.39. The summed E-state index contributed by atoms with van der Waals surface area (Å²) in [4.78, 5) is 5.10. The summed E-state index contributed by atoms with van der Waals surface area (Å²) in [7, 11) is -3.39. The lowest BCUT2D eigenvalue weighted by molar-refractivity contribution is 0.585. The minimum absolute atomic E-state index is 0.303. The van der Waals surface area contributed by atoms with Gasteiger partial charge in [0.2, 0.25) is 15.2 Å². The summed E-state index contributed by atoms with van der Waals surface area (Å²) >= 11 is 2.52. The summed E-state index contributed by atoms with van der Waals surface area (Å²) in [6.45, 7) is 4.46. The van der Waals surface area contributed by atoms with Gasteiger partial charge in [-0.1, -0.05) is 0 Å². The van der Waals surface area contributed by atoms with Crippen molar-refractivity contribution in [3.8, 4) is 0 Å². The Morgan fingerprint density at radius 3 is 2.63 bits per heavy atom. The molecule has 2 aromatic rings. The highest BCUT2D eigenvalue weighted by atomic mass is 32.2. The highest BCUT2D eigenvalue weighted by Gasteiger charge is 2.15. The third-order valence-corrected chi connectivity index (χ3v) is 5.92. The molecule has 0 aliphatic rings. The highest BCUT2D eigenvalue weighted by Crippen LogP contribution is 2.20. The number of aryl methyl sites for hydroxylation is 2. The van der Waals surface area contributed by atoms with Crippen LogP contribution in [0, 0.1) is 13.8 Å². The van der Waals surface area contributed by atoms with Crippen LogP contribution in [0.4, 0.5) is 5.13 Å². The van der Waals surface area contributed by atoms with Crippen LogP contribution in [0.25, 0.3) is 0 Å². The zero-order chi connectivity index (χ0) is 13.9. The lowest BCUT2D eigenvalue weighted by atomic mass is 10.5. The first-order valence-electron chi connectivity index (χ1n) is 5.58. The topological polar surface area (TPSA) is 84.0 Å². The van der Waals surface area contributed by atoms with E-state index in [0.717, 1.165) is 4.88 Å². The SMILES string of the molecule is Cc1nsc(NCCNS(=O)(=O)c2ccc(C)s2)n1. The van der Waals surface area contributed by atoms with Gasteiger partial charge in [0.05, 0.1) is 0 Å². The standard InChI is InChI=1S/C10H14N4O2S3/c1-7-3-4-9(17-7)19(15,16)12-6-5-11-10-13-8(2)14-18-10/h3-4,12H,5-6H2,1-2H3,(H,11,13,14). The molecule has 2 rings (SSSR count). The number of hydrogen-bond donors (Lipinski definition) is 2. The number of sulfonamides is 1. The quantitative estimate of drug-likeness (QED) is 0.791. The highest BCUT2D eigenvalue weighted by molar-refractivity contribution is 7.91. The predicted octanol–water partition coefficient (Wildman–Crippen LogP) is 1.61. The lowest BCUT2D eigenvalue weighted by Crippen LogP contribution is -2.28. The van der Waals surface area contributed by atoms with Gasteiger partial charge < -0.3 is 5.32 Å². The molecule has 0 aliphatic carbocycles. The van der Waals surface area contributed by atoms with Gasteiger partial charge in [-0.05, 0) is 26.0 Å². The van der Waals surface area contributed by atoms with E-state index in [2.05, 4.69) is 19.4 Å². The summed E-state index contributed by atoms with van der Waals surface area (Å²) in [5.41, 5.74) is 0. The molecule has 0 radical (unpaired) electrons. The monoisotopic (exact) mass is 318 g/mol. The molecule has 2 heterocycles. The molecule has 2 aromatic heterocycles. The third-order valence-electron chi connectivity index (χ3n) is 2.20. The first-order valence-corrected chi connectivity index (χ1v) is 8.65. The average Bonchev–Trinajstić information content (AvgIpc) is 2.94. The third kappa shape index (κ3) is 3.96. The average molecular weight is 318 g/mol. The first-order chi connectivity index (χ1) is 8.97. The van der Waals surface area contributed by atoms with E-state index in [1.54, 1.807) is 12.1 Å². The van der Waals surface area contributed by atoms with Crippen LogP contribution in [0.2, 0.25) is 0 Å². The Kier molecular flexibility index (Phi) is 4.50. The number of aromatic nitrogens is 2. The van der Waals surface area contributed by atoms with Crippen LogP contribution < -0.4 is 10.0 Å². The van der Waals surface area contributed by atoms with Gasteiger partial charge in [-0.3, -0.25) is 0 Å². The van der Waals surface area contributed by atoms with Crippen LogP contribution in [0.5, 0.6) is 0 Å². The molecule has 0 aliphatic heterocycles. The molecular weight excluding hydrogens is 304 g/mol. The molecule has 0 unspecified atom stereocenters. The van der Waals surface area contributed by atoms with E-state index in [4.69, 9.17) is 0 Å². The second kappa shape index (κ2) is 5.95. The van der Waals surface area contributed by atoms with E-state index in [-0.39, 0.29) is 0 Å². The summed E-state index contributed by atoms with van der Waals surface area (Å²) in [6, 6.07) is 3.41. The van der Waals surface area contributed by atoms with Gasteiger partial charge in [-0.2, -0.15) is 4.37 Å². The molecule has 0 atom stereocenters. The normalized spacial score (nSPS) is 11.7. The zero-order valence-electron chi connectivity index (χ0n) is 10.5. The van der Waals surface area contributed by atoms with Crippen molar-refractivity contribution in [2.45, 2.75) is 18.1 Å². The largest absolute Gasteiger partial charge is 0.359 e. The van der Waals surface area contributed by atoms with Crippen molar-refractivity contribution in [2.24, 2.45) is 0 Å². The Morgan fingerprint density at radius 1 is 1.26 bits per heavy atom. The van der Waals surface area contributed by atoms with Crippen molar-refractivity contribution >= 4 is 38.0 Å². The van der Waals surface area contributed by atoms with E-state index in [0.29, 0.717) is 28.3 Å². The van der Waals surface area contributed by atoms with E-state index in [1.165, 1.54) is 22.9 Å². The molecule has 0 saturated heterocycles. The maximum atomic E-state index is 11.9. The van der Waals surface area contributed by atoms with Crippen molar-refractivity contribution in [1.29, 1.82) is 0 Å². The minimum Gasteiger partial charge on any atom is -0.359 e. The maximum absolute atomic E-state index is 11.9. The van der Waals surface area contributed by atoms with E-state index >= 15 is 0 Å². The molecule has 0 fully saturated rings. The van der Waals surface area contributed by atoms with E-state index < -0.39 is 10.0 Å². The molecule has 19 heavy (non-hydrogen) atoms. The fourth-order valence-electron chi connectivity index (χ4n) is 1.35. The molecule has 6 nitrogen and oxygen atoms in total. The number of nitrogens with one attached hydrogen (secondary N) is 2. The van der Waals surface area contributed by atoms with Gasteiger partial charge in [-0.15, -0.1) is 11.3 Å². The number of thiophene rings is 1. The molecule has 0 spiro atoms. The van der Waals surface area contributed by atoms with Crippen molar-refractivity contribution in [3.63, 3.8) is 0 Å². The molecular formula is C10H14N4O2S3. The molecule has 0 saturated carbocycles. The van der Waals surface area contributed by atoms with Crippen LogP contribution in [0.3, 0.4) is 0 Å². The van der Waals surface area contributed by atoms with Crippen LogP contribution in [-0.4, -0.2) is 30.9 Å². The second-order valence-electron chi connectivity index (χ2n) is 3.84. The predicted molar refractivity (Wildman–Crippen MR) is 77.4 cm³/mol. The van der Waals surface area contributed by atoms with E-state index in [1.807, 2.05) is 13.8 Å². The first kappa shape index (κ1) is 14.4. The summed E-state index contributed by atoms with van der Waals surface area (Å²) in [6.07, 6.45) is 0. The number of hydrogen-bond acceptors (Lipinski definition) is 7. The van der Waals surface area contributed by atoms with Crippen LogP contribution >= 0.6 is 22.9 Å². The van der Waals surface area contributed by atoms with Gasteiger partial charge >= 0.3 is 0 Å². The van der Waals surface area contributed by atoms with Crippen LogP contribution in [0.1, 0.15) is 10.7 Å². The lowest BCUT2D eigenvalue weighted by Gasteiger charge is -2.05. The summed E-state index contributed by atoms with van der Waals surface area (Å²) in [5, 5.41) is 3.71. The zero-order valence-corrected chi connectivity index (χ0v) is 13.0. The van der Waals surface area contributed by atoms with Gasteiger partial charge in [-0.25, -0.2) is 18.1 Å². The molecule has 9 heteroatoms. The van der Waals surface area contributed by atoms with Crippen LogP contribution in [0.15, 0.2) is 16.3 Å².